The monoisotopic (exact) mass is 394 g/mol. The quantitative estimate of drug-likeness (QED) is 0.591. The highest BCUT2D eigenvalue weighted by molar-refractivity contribution is 7.97. The molecule has 0 bridgehead atoms. The molecule has 0 aliphatic carbocycles. The zero-order valence-electron chi connectivity index (χ0n) is 17.7. The summed E-state index contributed by atoms with van der Waals surface area (Å²) in [5.41, 5.74) is 5.76. The average molecular weight is 395 g/mol. The molecular weight excluding hydrogens is 360 g/mol. The van der Waals surface area contributed by atoms with Gasteiger partial charge in [0.25, 0.3) is 0 Å². The maximum Gasteiger partial charge on any atom is 0.0288 e. The van der Waals surface area contributed by atoms with Crippen LogP contribution in [0.1, 0.15) is 53.9 Å². The van der Waals surface area contributed by atoms with Crippen molar-refractivity contribution < 1.29 is 0 Å². The molecule has 0 radical (unpaired) electrons. The minimum atomic E-state index is 0.764. The summed E-state index contributed by atoms with van der Waals surface area (Å²) in [5, 5.41) is 0. The number of nitrogens with zero attached hydrogens (tertiary/aromatic N) is 2. The number of piperidine rings is 2. The summed E-state index contributed by atoms with van der Waals surface area (Å²) in [6.07, 6.45) is 5.27. The Morgan fingerprint density at radius 1 is 0.786 bits per heavy atom. The van der Waals surface area contributed by atoms with Crippen molar-refractivity contribution >= 4 is 11.9 Å². The van der Waals surface area contributed by atoms with E-state index < -0.39 is 0 Å². The van der Waals surface area contributed by atoms with Crippen molar-refractivity contribution in [1.29, 1.82) is 0 Å². The molecule has 2 heterocycles. The Balaban J connectivity index is 1.27. The first-order chi connectivity index (χ1) is 13.6. The molecular formula is C25H34N2S. The summed E-state index contributed by atoms with van der Waals surface area (Å²) < 4.78 is 2.60. The molecule has 4 rings (SSSR count). The molecule has 3 heteroatoms. The van der Waals surface area contributed by atoms with Crippen molar-refractivity contribution in [3.63, 3.8) is 0 Å². The molecule has 2 saturated heterocycles. The minimum Gasteiger partial charge on any atom is -0.300 e. The first-order valence-electron chi connectivity index (χ1n) is 10.9. The van der Waals surface area contributed by atoms with Gasteiger partial charge >= 0.3 is 0 Å². The van der Waals surface area contributed by atoms with Crippen LogP contribution in [-0.4, -0.2) is 41.4 Å². The van der Waals surface area contributed by atoms with E-state index in [4.69, 9.17) is 0 Å². The van der Waals surface area contributed by atoms with Crippen molar-refractivity contribution in [2.45, 2.75) is 63.3 Å². The van der Waals surface area contributed by atoms with Gasteiger partial charge in [-0.05, 0) is 94.1 Å². The summed E-state index contributed by atoms with van der Waals surface area (Å²) >= 11 is 1.99. The summed E-state index contributed by atoms with van der Waals surface area (Å²) in [5.74, 6) is 0.764. The third kappa shape index (κ3) is 4.64. The number of rotatable bonds is 4. The van der Waals surface area contributed by atoms with E-state index in [1.165, 1.54) is 79.0 Å². The summed E-state index contributed by atoms with van der Waals surface area (Å²) in [6, 6.07) is 16.5. The van der Waals surface area contributed by atoms with Gasteiger partial charge in [0.15, 0.2) is 0 Å². The molecule has 0 amide bonds. The lowest BCUT2D eigenvalue weighted by molar-refractivity contribution is 0.113. The molecule has 0 aromatic heterocycles. The van der Waals surface area contributed by atoms with E-state index >= 15 is 0 Å². The van der Waals surface area contributed by atoms with Crippen LogP contribution < -0.4 is 0 Å². The van der Waals surface area contributed by atoms with Crippen molar-refractivity contribution in [3.8, 4) is 0 Å². The Hall–Kier alpha value is -1.29. The average Bonchev–Trinajstić information content (AvgIpc) is 2.72. The second kappa shape index (κ2) is 9.02. The number of likely N-dealkylation sites (tertiary alicyclic amines) is 1. The van der Waals surface area contributed by atoms with Gasteiger partial charge in [-0.2, -0.15) is 0 Å². The van der Waals surface area contributed by atoms with Crippen molar-refractivity contribution in [2.75, 3.05) is 26.2 Å². The topological polar surface area (TPSA) is 6.48 Å². The Labute approximate surface area is 175 Å². The highest BCUT2D eigenvalue weighted by Crippen LogP contribution is 2.34. The van der Waals surface area contributed by atoms with Crippen LogP contribution in [0, 0.1) is 20.8 Å². The van der Waals surface area contributed by atoms with Gasteiger partial charge in [0.1, 0.15) is 0 Å². The fraction of sp³-hybridized carbons (Fsp3) is 0.520. The van der Waals surface area contributed by atoms with E-state index in [1.54, 1.807) is 0 Å². The van der Waals surface area contributed by atoms with Crippen LogP contribution in [0.15, 0.2) is 47.4 Å². The van der Waals surface area contributed by atoms with E-state index in [0.29, 0.717) is 0 Å². The zero-order chi connectivity index (χ0) is 19.5. The summed E-state index contributed by atoms with van der Waals surface area (Å²) in [4.78, 5) is 4.25. The van der Waals surface area contributed by atoms with Gasteiger partial charge in [0.2, 0.25) is 0 Å². The lowest BCUT2D eigenvalue weighted by Gasteiger charge is -2.41. The molecule has 0 spiro atoms. The molecule has 0 atom stereocenters. The van der Waals surface area contributed by atoms with Crippen LogP contribution in [0.25, 0.3) is 0 Å². The fourth-order valence-electron chi connectivity index (χ4n) is 5.06. The Morgan fingerprint density at radius 3 is 2.00 bits per heavy atom. The molecule has 0 unspecified atom stereocenters. The molecule has 150 valence electrons. The van der Waals surface area contributed by atoms with Gasteiger partial charge in [-0.3, -0.25) is 0 Å². The fourth-order valence-corrected chi connectivity index (χ4v) is 6.12. The van der Waals surface area contributed by atoms with Gasteiger partial charge < -0.3 is 4.90 Å². The van der Waals surface area contributed by atoms with E-state index in [9.17, 15) is 0 Å². The normalized spacial score (nSPS) is 20.5. The minimum absolute atomic E-state index is 0.764. The standard InChI is InChI=1S/C25H34N2S/c1-19-17-20(2)25(21(3)18-19)28-27-15-11-24(12-16-27)26-13-9-23(10-14-26)22-7-5-4-6-8-22/h4-8,17-18,23-24H,9-16H2,1-3H3. The molecule has 2 nitrogen and oxygen atoms in total. The van der Waals surface area contributed by atoms with Crippen LogP contribution in [0.2, 0.25) is 0 Å². The number of benzene rings is 2. The third-order valence-corrected chi connectivity index (χ3v) is 8.02. The van der Waals surface area contributed by atoms with Crippen LogP contribution in [0.5, 0.6) is 0 Å². The largest absolute Gasteiger partial charge is 0.300 e. The van der Waals surface area contributed by atoms with Crippen LogP contribution in [0.3, 0.4) is 0 Å². The Morgan fingerprint density at radius 2 is 1.39 bits per heavy atom. The first kappa shape index (κ1) is 20.0. The molecule has 2 aromatic rings. The molecule has 2 fully saturated rings. The summed E-state index contributed by atoms with van der Waals surface area (Å²) in [7, 11) is 0. The lowest BCUT2D eigenvalue weighted by atomic mass is 9.88. The molecule has 2 aliphatic rings. The number of hydrogen-bond acceptors (Lipinski definition) is 3. The zero-order valence-corrected chi connectivity index (χ0v) is 18.5. The van der Waals surface area contributed by atoms with E-state index in [-0.39, 0.29) is 0 Å². The SMILES string of the molecule is Cc1cc(C)c(SN2CCC(N3CCC(c4ccccc4)CC3)CC2)c(C)c1. The smallest absolute Gasteiger partial charge is 0.0288 e. The van der Waals surface area contributed by atoms with Crippen molar-refractivity contribution in [3.05, 3.63) is 64.7 Å². The van der Waals surface area contributed by atoms with Gasteiger partial charge in [-0.15, -0.1) is 0 Å². The second-order valence-electron chi connectivity index (χ2n) is 8.70. The van der Waals surface area contributed by atoms with Crippen LogP contribution >= 0.6 is 11.9 Å². The van der Waals surface area contributed by atoms with Gasteiger partial charge in [-0.25, -0.2) is 4.31 Å². The van der Waals surface area contributed by atoms with Crippen molar-refractivity contribution in [2.24, 2.45) is 0 Å². The van der Waals surface area contributed by atoms with Crippen LogP contribution in [0.4, 0.5) is 0 Å². The van der Waals surface area contributed by atoms with Crippen LogP contribution in [-0.2, 0) is 0 Å². The predicted octanol–water partition coefficient (Wildman–Crippen LogP) is 5.96. The van der Waals surface area contributed by atoms with E-state index in [0.717, 1.165) is 12.0 Å². The van der Waals surface area contributed by atoms with Crippen molar-refractivity contribution in [1.82, 2.24) is 9.21 Å². The molecule has 0 N–H and O–H groups in total. The summed E-state index contributed by atoms with van der Waals surface area (Å²) in [6.45, 7) is 11.7. The highest BCUT2D eigenvalue weighted by atomic mass is 32.2. The predicted molar refractivity (Wildman–Crippen MR) is 121 cm³/mol. The van der Waals surface area contributed by atoms with Gasteiger partial charge in [-0.1, -0.05) is 48.0 Å². The highest BCUT2D eigenvalue weighted by Gasteiger charge is 2.29. The Bertz CT molecular complexity index is 749. The number of aryl methyl sites for hydroxylation is 3. The third-order valence-electron chi connectivity index (χ3n) is 6.57. The van der Waals surface area contributed by atoms with Gasteiger partial charge in [0, 0.05) is 24.0 Å². The maximum atomic E-state index is 2.78. The molecule has 0 saturated carbocycles. The molecule has 28 heavy (non-hydrogen) atoms. The second-order valence-corrected chi connectivity index (χ2v) is 9.81. The lowest BCUT2D eigenvalue weighted by Crippen LogP contribution is -2.46. The number of hydrogen-bond donors (Lipinski definition) is 0. The molecule has 2 aliphatic heterocycles. The Kier molecular flexibility index (Phi) is 6.45. The molecule has 2 aromatic carbocycles. The first-order valence-corrected chi connectivity index (χ1v) is 11.7. The maximum absolute atomic E-state index is 2.78. The van der Waals surface area contributed by atoms with E-state index in [1.807, 2.05) is 11.9 Å². The van der Waals surface area contributed by atoms with Gasteiger partial charge in [0.05, 0.1) is 0 Å². The van der Waals surface area contributed by atoms with E-state index in [2.05, 4.69) is 72.4 Å².